The average Bonchev–Trinajstić information content (AvgIpc) is 1.85. The first-order valence-electron chi connectivity index (χ1n) is 2.42. The van der Waals surface area contributed by atoms with E-state index in [1.54, 1.807) is 0 Å². The summed E-state index contributed by atoms with van der Waals surface area (Å²) in [6.45, 7) is 7.17. The predicted molar refractivity (Wildman–Crippen MR) is 49.5 cm³/mol. The van der Waals surface area contributed by atoms with Crippen LogP contribution in [0.5, 0.6) is 0 Å². The lowest BCUT2D eigenvalue weighted by Gasteiger charge is -2.02. The van der Waals surface area contributed by atoms with Gasteiger partial charge in [0.15, 0.2) is 0 Å². The van der Waals surface area contributed by atoms with Gasteiger partial charge in [0.05, 0.1) is 12.0 Å². The van der Waals surface area contributed by atoms with Crippen LogP contribution in [0.25, 0.3) is 0 Å². The fourth-order valence-electron chi connectivity index (χ4n) is 0.294. The molecule has 0 saturated heterocycles. The highest BCUT2D eigenvalue weighted by Crippen LogP contribution is 2.27. The van der Waals surface area contributed by atoms with Crippen molar-refractivity contribution in [3.63, 3.8) is 0 Å². The van der Waals surface area contributed by atoms with Crippen molar-refractivity contribution >= 4 is 33.6 Å². The van der Waals surface area contributed by atoms with Gasteiger partial charge in [0.25, 0.3) is 0 Å². The van der Waals surface area contributed by atoms with E-state index >= 15 is 0 Å². The van der Waals surface area contributed by atoms with E-state index in [2.05, 4.69) is 33.8 Å². The lowest BCUT2D eigenvalue weighted by atomic mass is 10.6. The Labute approximate surface area is 73.0 Å². The van der Waals surface area contributed by atoms with Crippen LogP contribution < -0.4 is 0 Å². The van der Waals surface area contributed by atoms with E-state index in [9.17, 15) is 0 Å². The number of ether oxygens (including phenoxy) is 1. The fraction of sp³-hybridized carbons (Fsp3) is 0.167. The molecule has 0 atom stereocenters. The molecule has 0 aliphatic carbocycles. The largest absolute Gasteiger partial charge is 0.481 e. The number of thioether (sulfide) groups is 1. The average molecular weight is 222 g/mol. The van der Waals surface area contributed by atoms with Gasteiger partial charge >= 0.3 is 0 Å². The number of halogens is 1. The third-order valence-electron chi connectivity index (χ3n) is 0.691. The number of rotatable bonds is 3. The van der Waals surface area contributed by atoms with Gasteiger partial charge in [-0.3, -0.25) is 5.41 Å². The zero-order chi connectivity index (χ0) is 8.15. The predicted octanol–water partition coefficient (Wildman–Crippen LogP) is 2.72. The number of hydrogen-bond donors (Lipinski definition) is 1. The van der Waals surface area contributed by atoms with Crippen molar-refractivity contribution in [2.24, 2.45) is 0 Å². The molecule has 0 heterocycles. The zero-order valence-electron chi connectivity index (χ0n) is 5.61. The van der Waals surface area contributed by atoms with Crippen LogP contribution in [0.1, 0.15) is 0 Å². The van der Waals surface area contributed by atoms with Crippen LogP contribution in [0.4, 0.5) is 0 Å². The minimum absolute atomic E-state index is 0.0746. The van der Waals surface area contributed by atoms with Gasteiger partial charge in [-0.05, 0) is 15.9 Å². The lowest BCUT2D eigenvalue weighted by molar-refractivity contribution is 0.402. The van der Waals surface area contributed by atoms with Gasteiger partial charge in [-0.15, -0.1) is 0 Å². The van der Waals surface area contributed by atoms with Crippen LogP contribution in [-0.4, -0.2) is 13.0 Å². The monoisotopic (exact) mass is 221 g/mol. The number of hydrogen-bond acceptors (Lipinski definition) is 3. The van der Waals surface area contributed by atoms with E-state index in [-0.39, 0.29) is 5.90 Å². The van der Waals surface area contributed by atoms with Crippen LogP contribution in [-0.2, 0) is 4.74 Å². The van der Waals surface area contributed by atoms with Crippen LogP contribution in [0, 0.1) is 5.41 Å². The van der Waals surface area contributed by atoms with Gasteiger partial charge in [-0.25, -0.2) is 0 Å². The van der Waals surface area contributed by atoms with Gasteiger partial charge in [-0.2, -0.15) is 0 Å². The van der Waals surface area contributed by atoms with Gasteiger partial charge in [0.2, 0.25) is 5.90 Å². The third kappa shape index (κ3) is 3.74. The maximum Gasteiger partial charge on any atom is 0.219 e. The SMILES string of the molecule is C=C(Br)SC(=C)C(=N)OC. The summed E-state index contributed by atoms with van der Waals surface area (Å²) in [4.78, 5) is 0.546. The van der Waals surface area contributed by atoms with Gasteiger partial charge in [0.1, 0.15) is 0 Å². The highest BCUT2D eigenvalue weighted by molar-refractivity contribution is 9.14. The smallest absolute Gasteiger partial charge is 0.219 e. The van der Waals surface area contributed by atoms with Crippen LogP contribution in [0.15, 0.2) is 21.9 Å². The van der Waals surface area contributed by atoms with Crippen molar-refractivity contribution < 1.29 is 4.74 Å². The molecule has 2 nitrogen and oxygen atoms in total. The van der Waals surface area contributed by atoms with Crippen LogP contribution in [0.3, 0.4) is 0 Å². The molecule has 0 bridgehead atoms. The Morgan fingerprint density at radius 3 is 2.40 bits per heavy atom. The molecule has 0 radical (unpaired) electrons. The second kappa shape index (κ2) is 4.57. The maximum atomic E-state index is 7.13. The molecule has 0 aromatic heterocycles. The highest BCUT2D eigenvalue weighted by Gasteiger charge is 2.02. The van der Waals surface area contributed by atoms with Gasteiger partial charge in [0, 0.05) is 3.81 Å². The number of nitrogens with one attached hydrogen (secondary N) is 1. The molecule has 0 aromatic carbocycles. The van der Waals surface area contributed by atoms with Crippen molar-refractivity contribution in [1.29, 1.82) is 5.41 Å². The molecule has 0 saturated carbocycles. The first kappa shape index (κ1) is 9.78. The van der Waals surface area contributed by atoms with E-state index in [1.807, 2.05) is 0 Å². The second-order valence-corrected chi connectivity index (χ2v) is 4.09. The fourth-order valence-corrected chi connectivity index (χ4v) is 1.32. The molecule has 10 heavy (non-hydrogen) atoms. The van der Waals surface area contributed by atoms with E-state index in [0.717, 1.165) is 3.81 Å². The Hall–Kier alpha value is -0.220. The highest BCUT2D eigenvalue weighted by atomic mass is 79.9. The minimum Gasteiger partial charge on any atom is -0.481 e. The van der Waals surface area contributed by atoms with E-state index in [1.165, 1.54) is 18.9 Å². The Morgan fingerprint density at radius 1 is 1.60 bits per heavy atom. The van der Waals surface area contributed by atoms with E-state index in [4.69, 9.17) is 5.41 Å². The number of methoxy groups -OCH3 is 1. The molecular weight excluding hydrogens is 214 g/mol. The van der Waals surface area contributed by atoms with Gasteiger partial charge < -0.3 is 4.74 Å². The van der Waals surface area contributed by atoms with Crippen molar-refractivity contribution in [3.8, 4) is 0 Å². The molecule has 0 aliphatic heterocycles. The van der Waals surface area contributed by atoms with E-state index in [0.29, 0.717) is 4.91 Å². The summed E-state index contributed by atoms with van der Waals surface area (Å²) in [5.41, 5.74) is 0. The van der Waals surface area contributed by atoms with Crippen molar-refractivity contribution in [2.75, 3.05) is 7.11 Å². The molecule has 56 valence electrons. The topological polar surface area (TPSA) is 33.1 Å². The summed E-state index contributed by atoms with van der Waals surface area (Å²) in [6, 6.07) is 0. The molecule has 0 aliphatic rings. The summed E-state index contributed by atoms with van der Waals surface area (Å²) < 4.78 is 5.34. The summed E-state index contributed by atoms with van der Waals surface area (Å²) in [5, 5.41) is 7.13. The summed E-state index contributed by atoms with van der Waals surface area (Å²) in [6.07, 6.45) is 0. The Balaban J connectivity index is 3.86. The zero-order valence-corrected chi connectivity index (χ0v) is 8.01. The Morgan fingerprint density at radius 2 is 2.10 bits per heavy atom. The summed E-state index contributed by atoms with van der Waals surface area (Å²) >= 11 is 4.39. The second-order valence-electron chi connectivity index (χ2n) is 1.41. The third-order valence-corrected chi connectivity index (χ3v) is 1.83. The normalized spacial score (nSPS) is 8.60. The molecule has 1 N–H and O–H groups in total. The molecular formula is C6H8BrNOS. The summed E-state index contributed by atoms with van der Waals surface area (Å²) in [5.74, 6) is 0.0746. The Bertz CT molecular complexity index is 179. The summed E-state index contributed by atoms with van der Waals surface area (Å²) in [7, 11) is 1.44. The Kier molecular flexibility index (Phi) is 4.47. The molecule has 0 fully saturated rings. The van der Waals surface area contributed by atoms with Crippen molar-refractivity contribution in [1.82, 2.24) is 0 Å². The van der Waals surface area contributed by atoms with Crippen molar-refractivity contribution in [3.05, 3.63) is 21.9 Å². The van der Waals surface area contributed by atoms with Crippen molar-refractivity contribution in [2.45, 2.75) is 0 Å². The quantitative estimate of drug-likeness (QED) is 0.588. The first-order chi connectivity index (χ1) is 4.57. The molecule has 0 rings (SSSR count). The lowest BCUT2D eigenvalue weighted by Crippen LogP contribution is -1.98. The molecule has 0 spiro atoms. The first-order valence-corrected chi connectivity index (χ1v) is 4.03. The molecule has 0 unspecified atom stereocenters. The molecule has 0 aromatic rings. The van der Waals surface area contributed by atoms with Crippen LogP contribution >= 0.6 is 27.7 Å². The molecule has 4 heteroatoms. The minimum atomic E-state index is 0.0746. The van der Waals surface area contributed by atoms with Gasteiger partial charge in [-0.1, -0.05) is 24.9 Å². The van der Waals surface area contributed by atoms with E-state index < -0.39 is 0 Å². The molecule has 0 amide bonds. The van der Waals surface area contributed by atoms with Crippen LogP contribution in [0.2, 0.25) is 0 Å². The maximum absolute atomic E-state index is 7.13. The standard InChI is InChI=1S/C6H8BrNOS/c1-4(6(8)9-3)10-5(2)7/h8H,1-2H2,3H3.